The van der Waals surface area contributed by atoms with Gasteiger partial charge in [0, 0.05) is 0 Å². The van der Waals surface area contributed by atoms with E-state index in [0.717, 1.165) is 0 Å². The molecule has 0 spiro atoms. The minimum atomic E-state index is -1.42. The Morgan fingerprint density at radius 1 is 1.09 bits per heavy atom. The lowest BCUT2D eigenvalue weighted by molar-refractivity contribution is -0.151. The fourth-order valence-electron chi connectivity index (χ4n) is 1.38. The number of carbonyl (C=O) groups excluding carboxylic acids is 3. The minimum Gasteiger partial charge on any atom is -0.480 e. The van der Waals surface area contributed by atoms with E-state index in [1.165, 1.54) is 13.8 Å². The van der Waals surface area contributed by atoms with E-state index in [1.54, 1.807) is 13.8 Å². The number of carbonyl (C=O) groups is 4. The summed E-state index contributed by atoms with van der Waals surface area (Å²) in [6, 6.07) is -3.25. The van der Waals surface area contributed by atoms with Crippen LogP contribution in [0.25, 0.3) is 0 Å². The molecule has 0 aromatic heterocycles. The maximum atomic E-state index is 11.7. The van der Waals surface area contributed by atoms with E-state index in [1.807, 2.05) is 0 Å². The Labute approximate surface area is 128 Å². The van der Waals surface area contributed by atoms with Crippen LogP contribution in [0, 0.1) is 0 Å². The lowest BCUT2D eigenvalue weighted by atomic mass is 10.1. The van der Waals surface area contributed by atoms with Crippen molar-refractivity contribution < 1.29 is 29.0 Å². The number of amides is 2. The Morgan fingerprint density at radius 2 is 1.64 bits per heavy atom. The molecular weight excluding hydrogens is 294 g/mol. The summed E-state index contributed by atoms with van der Waals surface area (Å²) >= 11 is 0. The quantitative estimate of drug-likeness (QED) is 0.409. The molecule has 3 atom stereocenters. The van der Waals surface area contributed by atoms with Gasteiger partial charge in [0.05, 0.1) is 18.6 Å². The molecule has 22 heavy (non-hydrogen) atoms. The second-order valence-electron chi connectivity index (χ2n) is 5.17. The number of nitrogens with two attached hydrogens (primary N) is 1. The van der Waals surface area contributed by atoms with Gasteiger partial charge in [-0.25, -0.2) is 9.59 Å². The van der Waals surface area contributed by atoms with Gasteiger partial charge in [-0.2, -0.15) is 0 Å². The van der Waals surface area contributed by atoms with Crippen LogP contribution in [0.4, 0.5) is 0 Å². The van der Waals surface area contributed by atoms with Gasteiger partial charge in [0.15, 0.2) is 0 Å². The van der Waals surface area contributed by atoms with Crippen LogP contribution in [-0.2, 0) is 23.9 Å². The number of hydrogen-bond donors (Lipinski definition) is 4. The first kappa shape index (κ1) is 19.8. The molecule has 0 aliphatic carbocycles. The van der Waals surface area contributed by atoms with Crippen LogP contribution in [0.3, 0.4) is 0 Å². The Bertz CT molecular complexity index is 435. The summed E-state index contributed by atoms with van der Waals surface area (Å²) in [5, 5.41) is 13.4. The number of aliphatic carboxylic acids is 1. The monoisotopic (exact) mass is 317 g/mol. The van der Waals surface area contributed by atoms with Crippen LogP contribution in [0.2, 0.25) is 0 Å². The molecule has 0 aromatic carbocycles. The lowest BCUT2D eigenvalue weighted by Crippen LogP contribution is -2.50. The van der Waals surface area contributed by atoms with Gasteiger partial charge in [0.25, 0.3) is 0 Å². The van der Waals surface area contributed by atoms with E-state index in [-0.39, 0.29) is 6.10 Å². The zero-order valence-electron chi connectivity index (χ0n) is 13.1. The predicted octanol–water partition coefficient (Wildman–Crippen LogP) is -1.25. The molecule has 0 heterocycles. The summed E-state index contributed by atoms with van der Waals surface area (Å²) in [6.45, 7) is 6.13. The van der Waals surface area contributed by atoms with Crippen LogP contribution in [-0.4, -0.2) is 53.1 Å². The normalized spacial score (nSPS) is 14.6. The largest absolute Gasteiger partial charge is 0.480 e. The van der Waals surface area contributed by atoms with Crippen LogP contribution >= 0.6 is 0 Å². The summed E-state index contributed by atoms with van der Waals surface area (Å²) in [7, 11) is 0. The first-order valence-electron chi connectivity index (χ1n) is 6.83. The molecule has 0 rings (SSSR count). The first-order chi connectivity index (χ1) is 10.0. The molecule has 0 fully saturated rings. The van der Waals surface area contributed by atoms with Gasteiger partial charge in [-0.1, -0.05) is 0 Å². The highest BCUT2D eigenvalue weighted by molar-refractivity contribution is 5.91. The number of nitrogens with one attached hydrogen (secondary N) is 2. The van der Waals surface area contributed by atoms with Crippen molar-refractivity contribution in [2.45, 2.75) is 58.3 Å². The average molecular weight is 317 g/mol. The highest BCUT2D eigenvalue weighted by atomic mass is 16.5. The summed E-state index contributed by atoms with van der Waals surface area (Å²) in [5.74, 6) is -3.39. The number of ether oxygens (including phenoxy) is 1. The van der Waals surface area contributed by atoms with Crippen molar-refractivity contribution in [1.82, 2.24) is 10.6 Å². The van der Waals surface area contributed by atoms with Crippen molar-refractivity contribution >= 4 is 23.8 Å². The number of esters is 1. The second-order valence-corrected chi connectivity index (χ2v) is 5.17. The third kappa shape index (κ3) is 7.58. The first-order valence-corrected chi connectivity index (χ1v) is 6.83. The third-order valence-electron chi connectivity index (χ3n) is 2.50. The maximum absolute atomic E-state index is 11.7. The number of rotatable bonds is 8. The van der Waals surface area contributed by atoms with Crippen molar-refractivity contribution in [3.63, 3.8) is 0 Å². The lowest BCUT2D eigenvalue weighted by Gasteiger charge is -2.18. The Morgan fingerprint density at radius 3 is 2.05 bits per heavy atom. The Hall–Kier alpha value is -2.16. The fraction of sp³-hybridized carbons (Fsp3) is 0.692. The Kier molecular flexibility index (Phi) is 8.10. The smallest absolute Gasteiger partial charge is 0.328 e. The second kappa shape index (κ2) is 8.98. The van der Waals surface area contributed by atoms with Crippen LogP contribution in [0.5, 0.6) is 0 Å². The molecule has 9 heteroatoms. The standard InChI is InChI=1S/C13H23N3O6/c1-6(2)22-13(21)8(4)15-10(17)5-9(12(19)20)16-11(18)7(3)14/h6-9H,5,14H2,1-4H3,(H,15,17)(H,16,18)(H,19,20)/t7-,8-,9+/m1/s1. The summed E-state index contributed by atoms with van der Waals surface area (Å²) < 4.78 is 4.91. The van der Waals surface area contributed by atoms with E-state index < -0.39 is 48.3 Å². The minimum absolute atomic E-state index is 0.330. The highest BCUT2D eigenvalue weighted by Gasteiger charge is 2.26. The van der Waals surface area contributed by atoms with Crippen LogP contribution < -0.4 is 16.4 Å². The van der Waals surface area contributed by atoms with E-state index in [0.29, 0.717) is 0 Å². The molecule has 126 valence electrons. The van der Waals surface area contributed by atoms with E-state index in [4.69, 9.17) is 15.6 Å². The van der Waals surface area contributed by atoms with Gasteiger partial charge in [-0.05, 0) is 27.7 Å². The van der Waals surface area contributed by atoms with Gasteiger partial charge in [-0.3, -0.25) is 9.59 Å². The van der Waals surface area contributed by atoms with E-state index in [2.05, 4.69) is 10.6 Å². The maximum Gasteiger partial charge on any atom is 0.328 e. The molecule has 0 saturated carbocycles. The zero-order valence-corrected chi connectivity index (χ0v) is 13.1. The van der Waals surface area contributed by atoms with Gasteiger partial charge >= 0.3 is 11.9 Å². The Balaban J connectivity index is 4.55. The van der Waals surface area contributed by atoms with Crippen molar-refractivity contribution in [3.05, 3.63) is 0 Å². The van der Waals surface area contributed by atoms with Crippen LogP contribution in [0.1, 0.15) is 34.1 Å². The van der Waals surface area contributed by atoms with E-state index >= 15 is 0 Å². The van der Waals surface area contributed by atoms with Gasteiger partial charge in [0.2, 0.25) is 11.8 Å². The molecule has 5 N–H and O–H groups in total. The molecule has 0 aliphatic rings. The third-order valence-corrected chi connectivity index (χ3v) is 2.50. The SMILES string of the molecule is CC(C)OC(=O)[C@@H](C)NC(=O)C[C@H](NC(=O)[C@@H](C)N)C(=O)O. The van der Waals surface area contributed by atoms with Gasteiger partial charge in [0.1, 0.15) is 12.1 Å². The number of carboxylic acids is 1. The summed E-state index contributed by atoms with van der Waals surface area (Å²) in [5.41, 5.74) is 5.32. The molecule has 9 nitrogen and oxygen atoms in total. The zero-order chi connectivity index (χ0) is 17.4. The van der Waals surface area contributed by atoms with Crippen molar-refractivity contribution in [2.24, 2.45) is 5.73 Å². The van der Waals surface area contributed by atoms with Crippen molar-refractivity contribution in [2.75, 3.05) is 0 Å². The number of carboxylic acid groups (broad SMARTS) is 1. The van der Waals surface area contributed by atoms with Gasteiger partial charge in [-0.15, -0.1) is 0 Å². The molecule has 2 amide bonds. The molecule has 0 aromatic rings. The summed E-state index contributed by atoms with van der Waals surface area (Å²) in [6.07, 6.45) is -0.850. The van der Waals surface area contributed by atoms with Crippen LogP contribution in [0.15, 0.2) is 0 Å². The highest BCUT2D eigenvalue weighted by Crippen LogP contribution is 1.98. The summed E-state index contributed by atoms with van der Waals surface area (Å²) in [4.78, 5) is 45.7. The molecular formula is C13H23N3O6. The average Bonchev–Trinajstić information content (AvgIpc) is 2.36. The topological polar surface area (TPSA) is 148 Å². The fourth-order valence-corrected chi connectivity index (χ4v) is 1.38. The number of hydrogen-bond acceptors (Lipinski definition) is 6. The molecule has 0 saturated heterocycles. The van der Waals surface area contributed by atoms with Gasteiger partial charge < -0.3 is 26.2 Å². The van der Waals surface area contributed by atoms with Crippen molar-refractivity contribution in [1.29, 1.82) is 0 Å². The molecule has 0 radical (unpaired) electrons. The van der Waals surface area contributed by atoms with Crippen molar-refractivity contribution in [3.8, 4) is 0 Å². The predicted molar refractivity (Wildman–Crippen MR) is 76.7 cm³/mol. The molecule has 0 aliphatic heterocycles. The molecule has 0 bridgehead atoms. The molecule has 0 unspecified atom stereocenters. The van der Waals surface area contributed by atoms with E-state index in [9.17, 15) is 19.2 Å².